The van der Waals surface area contributed by atoms with Gasteiger partial charge in [0, 0.05) is 0 Å². The van der Waals surface area contributed by atoms with Crippen LogP contribution in [0.25, 0.3) is 0 Å². The third kappa shape index (κ3) is 1.85. The van der Waals surface area contributed by atoms with Crippen LogP contribution in [-0.2, 0) is 6.61 Å². The molecule has 0 aliphatic heterocycles. The van der Waals surface area contributed by atoms with Crippen LogP contribution in [0.4, 0.5) is 4.39 Å². The number of aromatic carboxylic acids is 1. The highest BCUT2D eigenvalue weighted by Gasteiger charge is 2.28. The first-order valence-electron chi connectivity index (χ1n) is 4.80. The van der Waals surface area contributed by atoms with Gasteiger partial charge in [-0.3, -0.25) is 0 Å². The standard InChI is InChI=1S/C11H11FO3/c12-10-3-7(5-13)8(6-1-2-6)4-9(10)11(14)15/h3-4,6,13H,1-2,5H2,(H,14,15). The molecule has 1 aromatic rings. The molecule has 4 heteroatoms. The maximum Gasteiger partial charge on any atom is 0.338 e. The van der Waals surface area contributed by atoms with E-state index in [1.807, 2.05) is 0 Å². The lowest BCUT2D eigenvalue weighted by Gasteiger charge is -2.08. The van der Waals surface area contributed by atoms with Gasteiger partial charge in [-0.15, -0.1) is 0 Å². The Balaban J connectivity index is 2.51. The fourth-order valence-electron chi connectivity index (χ4n) is 1.71. The number of aliphatic hydroxyl groups is 1. The summed E-state index contributed by atoms with van der Waals surface area (Å²) >= 11 is 0. The maximum absolute atomic E-state index is 13.3. The number of carboxylic acid groups (broad SMARTS) is 1. The zero-order valence-corrected chi connectivity index (χ0v) is 8.03. The van der Waals surface area contributed by atoms with Crippen molar-refractivity contribution < 1.29 is 19.4 Å². The molecule has 0 radical (unpaired) electrons. The molecule has 1 aliphatic carbocycles. The van der Waals surface area contributed by atoms with Gasteiger partial charge >= 0.3 is 5.97 Å². The molecule has 0 atom stereocenters. The Hall–Kier alpha value is -1.42. The van der Waals surface area contributed by atoms with Crippen molar-refractivity contribution in [1.29, 1.82) is 0 Å². The quantitative estimate of drug-likeness (QED) is 0.801. The van der Waals surface area contributed by atoms with Gasteiger partial charge in [0.2, 0.25) is 0 Å². The Labute approximate surface area is 86.2 Å². The molecule has 80 valence electrons. The van der Waals surface area contributed by atoms with Gasteiger partial charge in [-0.05, 0) is 42.0 Å². The van der Waals surface area contributed by atoms with E-state index in [4.69, 9.17) is 10.2 Å². The van der Waals surface area contributed by atoms with E-state index >= 15 is 0 Å². The number of aliphatic hydroxyl groups excluding tert-OH is 1. The second-order valence-electron chi connectivity index (χ2n) is 3.77. The molecule has 2 N–H and O–H groups in total. The highest BCUT2D eigenvalue weighted by Crippen LogP contribution is 2.42. The minimum atomic E-state index is -1.26. The molecule has 1 saturated carbocycles. The van der Waals surface area contributed by atoms with Gasteiger partial charge in [-0.1, -0.05) is 0 Å². The minimum absolute atomic E-state index is 0.247. The van der Waals surface area contributed by atoms with Crippen LogP contribution in [0.15, 0.2) is 12.1 Å². The second kappa shape index (κ2) is 3.62. The van der Waals surface area contributed by atoms with E-state index in [0.717, 1.165) is 24.5 Å². The molecule has 1 aliphatic rings. The van der Waals surface area contributed by atoms with Crippen LogP contribution in [0.2, 0.25) is 0 Å². The van der Waals surface area contributed by atoms with Gasteiger partial charge in [0.25, 0.3) is 0 Å². The van der Waals surface area contributed by atoms with Crippen LogP contribution in [0.5, 0.6) is 0 Å². The van der Waals surface area contributed by atoms with Crippen molar-refractivity contribution in [2.24, 2.45) is 0 Å². The summed E-state index contributed by atoms with van der Waals surface area (Å²) in [6, 6.07) is 2.47. The summed E-state index contributed by atoms with van der Waals surface area (Å²) in [5.74, 6) is -1.75. The van der Waals surface area contributed by atoms with Gasteiger partial charge in [-0.2, -0.15) is 0 Å². The van der Waals surface area contributed by atoms with Crippen molar-refractivity contribution in [1.82, 2.24) is 0 Å². The number of rotatable bonds is 3. The largest absolute Gasteiger partial charge is 0.478 e. The first kappa shape index (κ1) is 10.1. The summed E-state index contributed by atoms with van der Waals surface area (Å²) in [6.45, 7) is -0.247. The highest BCUT2D eigenvalue weighted by atomic mass is 19.1. The Kier molecular flexibility index (Phi) is 2.44. The third-order valence-electron chi connectivity index (χ3n) is 2.65. The normalized spacial score (nSPS) is 15.3. The number of hydrogen-bond acceptors (Lipinski definition) is 2. The second-order valence-corrected chi connectivity index (χ2v) is 3.77. The van der Waals surface area contributed by atoms with Crippen LogP contribution >= 0.6 is 0 Å². The molecule has 1 fully saturated rings. The molecule has 0 unspecified atom stereocenters. The summed E-state index contributed by atoms with van der Waals surface area (Å²) < 4.78 is 13.3. The highest BCUT2D eigenvalue weighted by molar-refractivity contribution is 5.88. The summed E-state index contributed by atoms with van der Waals surface area (Å²) in [7, 11) is 0. The lowest BCUT2D eigenvalue weighted by atomic mass is 10.00. The van der Waals surface area contributed by atoms with Crippen LogP contribution in [0, 0.1) is 5.82 Å². The van der Waals surface area contributed by atoms with Crippen LogP contribution in [0.3, 0.4) is 0 Å². The SMILES string of the molecule is O=C(O)c1cc(C2CC2)c(CO)cc1F. The zero-order chi connectivity index (χ0) is 11.0. The fraction of sp³-hybridized carbons (Fsp3) is 0.364. The molecular formula is C11H11FO3. The van der Waals surface area contributed by atoms with Crippen molar-refractivity contribution in [3.05, 3.63) is 34.6 Å². The monoisotopic (exact) mass is 210 g/mol. The average molecular weight is 210 g/mol. The molecule has 0 saturated heterocycles. The van der Waals surface area contributed by atoms with E-state index < -0.39 is 11.8 Å². The van der Waals surface area contributed by atoms with Gasteiger partial charge in [0.15, 0.2) is 0 Å². The summed E-state index contributed by atoms with van der Waals surface area (Å²) in [4.78, 5) is 10.7. The molecule has 1 aromatic carbocycles. The van der Waals surface area contributed by atoms with Crippen molar-refractivity contribution in [2.75, 3.05) is 0 Å². The van der Waals surface area contributed by atoms with E-state index in [-0.39, 0.29) is 12.2 Å². The Morgan fingerprint density at radius 3 is 2.60 bits per heavy atom. The van der Waals surface area contributed by atoms with Crippen molar-refractivity contribution in [3.63, 3.8) is 0 Å². The smallest absolute Gasteiger partial charge is 0.338 e. The van der Waals surface area contributed by atoms with Crippen molar-refractivity contribution in [3.8, 4) is 0 Å². The Morgan fingerprint density at radius 2 is 2.13 bits per heavy atom. The molecule has 0 amide bonds. The Morgan fingerprint density at radius 1 is 1.47 bits per heavy atom. The number of carbonyl (C=O) groups is 1. The number of carboxylic acids is 1. The predicted molar refractivity (Wildman–Crippen MR) is 51.3 cm³/mol. The van der Waals surface area contributed by atoms with Gasteiger partial charge in [0.05, 0.1) is 12.2 Å². The van der Waals surface area contributed by atoms with Gasteiger partial charge in [-0.25, -0.2) is 9.18 Å². The van der Waals surface area contributed by atoms with E-state index in [1.165, 1.54) is 6.07 Å². The first-order chi connectivity index (χ1) is 7.13. The first-order valence-corrected chi connectivity index (χ1v) is 4.80. The lowest BCUT2D eigenvalue weighted by molar-refractivity contribution is 0.0691. The third-order valence-corrected chi connectivity index (χ3v) is 2.65. The maximum atomic E-state index is 13.3. The molecule has 0 bridgehead atoms. The van der Waals surface area contributed by atoms with Crippen molar-refractivity contribution >= 4 is 5.97 Å². The summed E-state index contributed by atoms with van der Waals surface area (Å²) in [5.41, 5.74) is 0.963. The molecule has 2 rings (SSSR count). The predicted octanol–water partition coefficient (Wildman–Crippen LogP) is 1.89. The number of halogens is 1. The summed E-state index contributed by atoms with van der Waals surface area (Å²) in [5, 5.41) is 17.8. The zero-order valence-electron chi connectivity index (χ0n) is 8.03. The topological polar surface area (TPSA) is 57.5 Å². The molecule has 0 spiro atoms. The molecule has 0 aromatic heterocycles. The molecule has 15 heavy (non-hydrogen) atoms. The lowest BCUT2D eigenvalue weighted by Crippen LogP contribution is -2.04. The number of hydrogen-bond donors (Lipinski definition) is 2. The summed E-state index contributed by atoms with van der Waals surface area (Å²) in [6.07, 6.45) is 1.97. The Bertz CT molecular complexity index is 411. The average Bonchev–Trinajstić information content (AvgIpc) is 3.00. The van der Waals surface area contributed by atoms with E-state index in [2.05, 4.69) is 0 Å². The van der Waals surface area contributed by atoms with Crippen LogP contribution in [0.1, 0.15) is 40.2 Å². The number of benzene rings is 1. The van der Waals surface area contributed by atoms with Crippen LogP contribution < -0.4 is 0 Å². The minimum Gasteiger partial charge on any atom is -0.478 e. The fourth-order valence-corrected chi connectivity index (χ4v) is 1.71. The molecule has 0 heterocycles. The van der Waals surface area contributed by atoms with E-state index in [1.54, 1.807) is 0 Å². The van der Waals surface area contributed by atoms with E-state index in [9.17, 15) is 9.18 Å². The van der Waals surface area contributed by atoms with Gasteiger partial charge < -0.3 is 10.2 Å². The van der Waals surface area contributed by atoms with Gasteiger partial charge in [0.1, 0.15) is 5.82 Å². The van der Waals surface area contributed by atoms with Crippen molar-refractivity contribution in [2.45, 2.75) is 25.4 Å². The van der Waals surface area contributed by atoms with E-state index in [0.29, 0.717) is 11.5 Å². The van der Waals surface area contributed by atoms with Crippen LogP contribution in [-0.4, -0.2) is 16.2 Å². The molecule has 3 nitrogen and oxygen atoms in total. The molecular weight excluding hydrogens is 199 g/mol.